The van der Waals surface area contributed by atoms with E-state index in [1.807, 2.05) is 0 Å². The smallest absolute Gasteiger partial charge is 0.155 e. The van der Waals surface area contributed by atoms with Crippen LogP contribution in [0.5, 0.6) is 0 Å². The lowest BCUT2D eigenvalue weighted by molar-refractivity contribution is 0.159. The highest BCUT2D eigenvalue weighted by Crippen LogP contribution is 2.38. The lowest BCUT2D eigenvalue weighted by Gasteiger charge is -2.14. The number of ether oxygens (including phenoxy) is 1. The molecule has 1 nitrogen and oxygen atoms in total. The molecule has 2 heteroatoms. The predicted molar refractivity (Wildman–Crippen MR) is 80.9 cm³/mol. The number of benzene rings is 2. The SMILES string of the molecule is c1ccc2c(c1)Cc1ccc([S+]3CCOCC3)cc1-2. The van der Waals surface area contributed by atoms with Gasteiger partial charge in [-0.1, -0.05) is 30.3 Å². The fourth-order valence-corrected chi connectivity index (χ4v) is 4.90. The molecule has 0 amide bonds. The molecule has 2 aromatic rings. The van der Waals surface area contributed by atoms with Crippen molar-refractivity contribution < 1.29 is 4.74 Å². The molecule has 19 heavy (non-hydrogen) atoms. The van der Waals surface area contributed by atoms with Gasteiger partial charge in [0.2, 0.25) is 0 Å². The fraction of sp³-hybridized carbons (Fsp3) is 0.294. The van der Waals surface area contributed by atoms with Crippen LogP contribution in [-0.2, 0) is 22.1 Å². The predicted octanol–water partition coefficient (Wildman–Crippen LogP) is 3.27. The molecule has 1 aliphatic carbocycles. The summed E-state index contributed by atoms with van der Waals surface area (Å²) >= 11 is 0. The molecule has 0 aromatic heterocycles. The third kappa shape index (κ3) is 1.99. The second-order valence-corrected chi connectivity index (χ2v) is 7.44. The molecule has 96 valence electrons. The van der Waals surface area contributed by atoms with Gasteiger partial charge in [0.1, 0.15) is 11.5 Å². The van der Waals surface area contributed by atoms with Crippen molar-refractivity contribution in [3.8, 4) is 11.1 Å². The number of hydrogen-bond acceptors (Lipinski definition) is 1. The van der Waals surface area contributed by atoms with E-state index in [-0.39, 0.29) is 0 Å². The molecule has 1 heterocycles. The van der Waals surface area contributed by atoms with Gasteiger partial charge in [-0.25, -0.2) is 0 Å². The van der Waals surface area contributed by atoms with Crippen molar-refractivity contribution in [3.63, 3.8) is 0 Å². The first kappa shape index (κ1) is 11.6. The number of fused-ring (bicyclic) bond motifs is 3. The minimum Gasteiger partial charge on any atom is -0.372 e. The van der Waals surface area contributed by atoms with Crippen molar-refractivity contribution in [3.05, 3.63) is 53.6 Å². The maximum Gasteiger partial charge on any atom is 0.155 e. The molecule has 0 radical (unpaired) electrons. The van der Waals surface area contributed by atoms with Crippen LogP contribution in [0, 0.1) is 0 Å². The summed E-state index contributed by atoms with van der Waals surface area (Å²) < 4.78 is 5.48. The van der Waals surface area contributed by atoms with E-state index in [0.717, 1.165) is 19.6 Å². The molecule has 2 aromatic carbocycles. The van der Waals surface area contributed by atoms with E-state index in [9.17, 15) is 0 Å². The zero-order chi connectivity index (χ0) is 12.7. The van der Waals surface area contributed by atoms with Gasteiger partial charge in [-0.05, 0) is 34.7 Å². The molecule has 0 bridgehead atoms. The minimum atomic E-state index is 0.398. The molecular formula is C17H17OS+. The first-order valence-electron chi connectivity index (χ1n) is 6.88. The Morgan fingerprint density at radius 3 is 2.53 bits per heavy atom. The Morgan fingerprint density at radius 2 is 1.63 bits per heavy atom. The Hall–Kier alpha value is -1.25. The summed E-state index contributed by atoms with van der Waals surface area (Å²) in [7, 11) is 0.398. The van der Waals surface area contributed by atoms with Crippen LogP contribution < -0.4 is 0 Å². The van der Waals surface area contributed by atoms with Gasteiger partial charge in [-0.3, -0.25) is 0 Å². The highest BCUT2D eigenvalue weighted by Gasteiger charge is 2.27. The second-order valence-electron chi connectivity index (χ2n) is 5.17. The van der Waals surface area contributed by atoms with Crippen molar-refractivity contribution in [2.45, 2.75) is 11.3 Å². The van der Waals surface area contributed by atoms with Gasteiger partial charge in [0.25, 0.3) is 0 Å². The van der Waals surface area contributed by atoms with Crippen LogP contribution in [0.15, 0.2) is 47.4 Å². The van der Waals surface area contributed by atoms with E-state index >= 15 is 0 Å². The summed E-state index contributed by atoms with van der Waals surface area (Å²) in [6.07, 6.45) is 1.10. The average molecular weight is 269 g/mol. The second kappa shape index (κ2) is 4.69. The number of hydrogen-bond donors (Lipinski definition) is 0. The summed E-state index contributed by atoms with van der Waals surface area (Å²) in [5.41, 5.74) is 5.87. The summed E-state index contributed by atoms with van der Waals surface area (Å²) in [6.45, 7) is 1.85. The summed E-state index contributed by atoms with van der Waals surface area (Å²) in [4.78, 5) is 1.53. The maximum absolute atomic E-state index is 5.48. The molecule has 0 saturated carbocycles. The summed E-state index contributed by atoms with van der Waals surface area (Å²) in [6, 6.07) is 15.9. The quantitative estimate of drug-likeness (QED) is 0.616. The van der Waals surface area contributed by atoms with Crippen LogP contribution in [0.1, 0.15) is 11.1 Å². The average Bonchev–Trinajstić information content (AvgIpc) is 2.86. The lowest BCUT2D eigenvalue weighted by atomic mass is 10.1. The van der Waals surface area contributed by atoms with Crippen molar-refractivity contribution >= 4 is 10.9 Å². The monoisotopic (exact) mass is 269 g/mol. The topological polar surface area (TPSA) is 9.23 Å². The van der Waals surface area contributed by atoms with E-state index in [0.29, 0.717) is 10.9 Å². The van der Waals surface area contributed by atoms with Gasteiger partial charge in [-0.2, -0.15) is 0 Å². The maximum atomic E-state index is 5.48. The van der Waals surface area contributed by atoms with E-state index in [1.165, 1.54) is 38.7 Å². The molecule has 1 aliphatic heterocycles. The van der Waals surface area contributed by atoms with E-state index in [2.05, 4.69) is 42.5 Å². The molecule has 1 saturated heterocycles. The van der Waals surface area contributed by atoms with Gasteiger partial charge in [0.05, 0.1) is 13.2 Å². The van der Waals surface area contributed by atoms with E-state index in [1.54, 1.807) is 0 Å². The molecule has 2 aliphatic rings. The van der Waals surface area contributed by atoms with Crippen LogP contribution in [0.25, 0.3) is 11.1 Å². The van der Waals surface area contributed by atoms with Gasteiger partial charge in [-0.15, -0.1) is 0 Å². The van der Waals surface area contributed by atoms with Gasteiger partial charge in [0.15, 0.2) is 4.90 Å². The molecule has 0 N–H and O–H groups in total. The van der Waals surface area contributed by atoms with Crippen LogP contribution in [-0.4, -0.2) is 24.7 Å². The third-order valence-electron chi connectivity index (χ3n) is 4.05. The first-order chi connectivity index (χ1) is 9.42. The lowest BCUT2D eigenvalue weighted by Crippen LogP contribution is -2.26. The molecule has 0 spiro atoms. The van der Waals surface area contributed by atoms with Crippen molar-refractivity contribution in [2.75, 3.05) is 24.7 Å². The van der Waals surface area contributed by atoms with Crippen LogP contribution >= 0.6 is 0 Å². The molecule has 0 unspecified atom stereocenters. The molecule has 1 fully saturated rings. The van der Waals surface area contributed by atoms with Crippen molar-refractivity contribution in [2.24, 2.45) is 0 Å². The molecule has 4 rings (SSSR count). The van der Waals surface area contributed by atoms with Crippen LogP contribution in [0.2, 0.25) is 0 Å². The zero-order valence-electron chi connectivity index (χ0n) is 10.9. The Labute approximate surface area is 117 Å². The van der Waals surface area contributed by atoms with Gasteiger partial charge in [0, 0.05) is 17.0 Å². The van der Waals surface area contributed by atoms with Gasteiger partial charge >= 0.3 is 0 Å². The molecular weight excluding hydrogens is 252 g/mol. The normalized spacial score (nSPS) is 18.1. The van der Waals surface area contributed by atoms with Crippen LogP contribution in [0.4, 0.5) is 0 Å². The standard InChI is InChI=1S/C17H17OS/c1-2-4-16-13(3-1)11-14-5-6-15(12-17(14)16)19-9-7-18-8-10-19/h1-6,12H,7-11H2/q+1. The zero-order valence-corrected chi connectivity index (χ0v) is 11.7. The fourth-order valence-electron chi connectivity index (χ4n) is 3.04. The summed E-state index contributed by atoms with van der Waals surface area (Å²) in [5.74, 6) is 2.39. The Kier molecular flexibility index (Phi) is 2.86. The van der Waals surface area contributed by atoms with Gasteiger partial charge < -0.3 is 4.74 Å². The number of rotatable bonds is 1. The van der Waals surface area contributed by atoms with Crippen molar-refractivity contribution in [1.82, 2.24) is 0 Å². The Bertz CT molecular complexity index is 614. The van der Waals surface area contributed by atoms with Crippen LogP contribution in [0.3, 0.4) is 0 Å². The highest BCUT2D eigenvalue weighted by molar-refractivity contribution is 7.97. The van der Waals surface area contributed by atoms with Crippen molar-refractivity contribution in [1.29, 1.82) is 0 Å². The third-order valence-corrected chi connectivity index (χ3v) is 6.29. The Morgan fingerprint density at radius 1 is 0.842 bits per heavy atom. The largest absolute Gasteiger partial charge is 0.372 e. The summed E-state index contributed by atoms with van der Waals surface area (Å²) in [5, 5.41) is 0. The van der Waals surface area contributed by atoms with E-state index < -0.39 is 0 Å². The minimum absolute atomic E-state index is 0.398. The molecule has 0 atom stereocenters. The highest BCUT2D eigenvalue weighted by atomic mass is 32.2. The Balaban J connectivity index is 1.75. The first-order valence-corrected chi connectivity index (χ1v) is 8.44. The van der Waals surface area contributed by atoms with E-state index in [4.69, 9.17) is 4.74 Å².